The number of nitrogens with zero attached hydrogens (tertiary/aromatic N) is 2. The number of nitrogens with two attached hydrogens (primary N) is 1. The molecule has 3 rings (SSSR count). The van der Waals surface area contributed by atoms with Gasteiger partial charge in [-0.1, -0.05) is 0 Å². The number of sulfonamides is 1. The fourth-order valence-corrected chi connectivity index (χ4v) is 5.56. The Kier molecular flexibility index (Phi) is 4.92. The summed E-state index contributed by atoms with van der Waals surface area (Å²) in [5.74, 6) is 0.372. The van der Waals surface area contributed by atoms with Crippen molar-refractivity contribution in [3.05, 3.63) is 23.8 Å². The second kappa shape index (κ2) is 6.70. The first-order valence-corrected chi connectivity index (χ1v) is 10.3. The maximum Gasteiger partial charge on any atom is 0.243 e. The summed E-state index contributed by atoms with van der Waals surface area (Å²) in [5.41, 5.74) is 7.70. The molecule has 2 aliphatic rings. The Morgan fingerprint density at radius 2 is 1.92 bits per heavy atom. The zero-order valence-electron chi connectivity index (χ0n) is 15.1. The highest BCUT2D eigenvalue weighted by Crippen LogP contribution is 2.35. The molecule has 1 fully saturated rings. The number of amides is 1. The first kappa shape index (κ1) is 18.4. The lowest BCUT2D eigenvalue weighted by Crippen LogP contribution is -2.42. The second-order valence-electron chi connectivity index (χ2n) is 7.33. The van der Waals surface area contributed by atoms with Crippen LogP contribution in [-0.4, -0.2) is 43.8 Å². The van der Waals surface area contributed by atoms with Crippen molar-refractivity contribution < 1.29 is 13.2 Å². The van der Waals surface area contributed by atoms with Crippen LogP contribution in [0.1, 0.15) is 39.2 Å². The molecule has 138 valence electrons. The third kappa shape index (κ3) is 3.32. The molecule has 1 amide bonds. The summed E-state index contributed by atoms with van der Waals surface area (Å²) in [7, 11) is -3.50. The largest absolute Gasteiger partial charge is 0.328 e. The van der Waals surface area contributed by atoms with Gasteiger partial charge in [0.05, 0.1) is 4.90 Å². The van der Waals surface area contributed by atoms with Crippen LogP contribution in [0.25, 0.3) is 0 Å². The molecule has 2 aliphatic heterocycles. The van der Waals surface area contributed by atoms with Crippen LogP contribution >= 0.6 is 0 Å². The summed E-state index contributed by atoms with van der Waals surface area (Å²) in [6.07, 6.45) is 2.29. The molecule has 0 saturated carbocycles. The van der Waals surface area contributed by atoms with Gasteiger partial charge in [0.1, 0.15) is 0 Å². The molecular weight excluding hydrogens is 338 g/mol. The van der Waals surface area contributed by atoms with Crippen LogP contribution in [0.5, 0.6) is 0 Å². The smallest absolute Gasteiger partial charge is 0.243 e. The van der Waals surface area contributed by atoms with Gasteiger partial charge in [0.25, 0.3) is 0 Å². The van der Waals surface area contributed by atoms with E-state index in [0.29, 0.717) is 30.3 Å². The third-order valence-corrected chi connectivity index (χ3v) is 7.38. The van der Waals surface area contributed by atoms with Gasteiger partial charge in [-0.25, -0.2) is 8.42 Å². The van der Waals surface area contributed by atoms with Crippen LogP contribution in [0.4, 0.5) is 5.69 Å². The van der Waals surface area contributed by atoms with Crippen molar-refractivity contribution >= 4 is 21.6 Å². The standard InChI is InChI=1S/C18H27N3O3S/c1-12-10-16-11-17(4-5-18(16)21(12)14(3)22)25(23,24)20-8-6-15(7-9-20)13(2)19/h4-5,11-13,15H,6-10,19H2,1-3H3. The Morgan fingerprint density at radius 1 is 1.28 bits per heavy atom. The predicted molar refractivity (Wildman–Crippen MR) is 97.9 cm³/mol. The summed E-state index contributed by atoms with van der Waals surface area (Å²) in [5, 5.41) is 0. The van der Waals surface area contributed by atoms with Gasteiger partial charge in [-0.2, -0.15) is 4.31 Å². The van der Waals surface area contributed by atoms with Crippen molar-refractivity contribution in [3.8, 4) is 0 Å². The number of hydrogen-bond donors (Lipinski definition) is 1. The summed E-state index contributed by atoms with van der Waals surface area (Å²) < 4.78 is 27.5. The van der Waals surface area contributed by atoms with E-state index in [2.05, 4.69) is 0 Å². The third-order valence-electron chi connectivity index (χ3n) is 5.49. The monoisotopic (exact) mass is 365 g/mol. The summed E-state index contributed by atoms with van der Waals surface area (Å²) in [6, 6.07) is 5.29. The van der Waals surface area contributed by atoms with Gasteiger partial charge >= 0.3 is 0 Å². The Balaban J connectivity index is 1.83. The summed E-state index contributed by atoms with van der Waals surface area (Å²) in [4.78, 5) is 13.9. The number of benzene rings is 1. The average Bonchev–Trinajstić information content (AvgIpc) is 2.89. The molecule has 0 aromatic heterocycles. The first-order valence-electron chi connectivity index (χ1n) is 8.90. The van der Waals surface area contributed by atoms with Gasteiger partial charge in [0, 0.05) is 37.8 Å². The molecule has 2 N–H and O–H groups in total. The molecule has 7 heteroatoms. The highest BCUT2D eigenvalue weighted by Gasteiger charge is 2.33. The van der Waals surface area contributed by atoms with Gasteiger partial charge in [-0.15, -0.1) is 0 Å². The molecule has 0 aliphatic carbocycles. The first-order chi connectivity index (χ1) is 11.7. The van der Waals surface area contributed by atoms with E-state index in [4.69, 9.17) is 5.73 Å². The van der Waals surface area contributed by atoms with Crippen molar-refractivity contribution in [2.24, 2.45) is 11.7 Å². The SMILES string of the molecule is CC(=O)N1c2ccc(S(=O)(=O)N3CCC(C(C)N)CC3)cc2CC1C. The van der Waals surface area contributed by atoms with Crippen LogP contribution < -0.4 is 10.6 Å². The lowest BCUT2D eigenvalue weighted by molar-refractivity contribution is -0.116. The van der Waals surface area contributed by atoms with Gasteiger partial charge in [0.2, 0.25) is 15.9 Å². The molecule has 1 saturated heterocycles. The van der Waals surface area contributed by atoms with Crippen LogP contribution in [0, 0.1) is 5.92 Å². The fourth-order valence-electron chi connectivity index (χ4n) is 4.04. The average molecular weight is 365 g/mol. The lowest BCUT2D eigenvalue weighted by atomic mass is 9.92. The molecule has 2 atom stereocenters. The Hall–Kier alpha value is -1.44. The van der Waals surface area contributed by atoms with E-state index in [0.717, 1.165) is 24.1 Å². The molecule has 0 radical (unpaired) electrons. The second-order valence-corrected chi connectivity index (χ2v) is 9.27. The van der Waals surface area contributed by atoms with Crippen molar-refractivity contribution in [1.82, 2.24) is 4.31 Å². The highest BCUT2D eigenvalue weighted by molar-refractivity contribution is 7.89. The lowest BCUT2D eigenvalue weighted by Gasteiger charge is -2.33. The normalized spacial score (nSPS) is 23.5. The Morgan fingerprint density at radius 3 is 2.48 bits per heavy atom. The zero-order valence-corrected chi connectivity index (χ0v) is 15.9. The maximum atomic E-state index is 13.0. The number of piperidine rings is 1. The van der Waals surface area contributed by atoms with E-state index in [1.807, 2.05) is 13.8 Å². The molecule has 25 heavy (non-hydrogen) atoms. The van der Waals surface area contributed by atoms with E-state index in [-0.39, 0.29) is 18.0 Å². The van der Waals surface area contributed by atoms with E-state index in [1.165, 1.54) is 0 Å². The minimum atomic E-state index is -3.50. The van der Waals surface area contributed by atoms with Crippen molar-refractivity contribution in [2.75, 3.05) is 18.0 Å². The topological polar surface area (TPSA) is 83.7 Å². The van der Waals surface area contributed by atoms with Gasteiger partial charge in [-0.3, -0.25) is 4.79 Å². The summed E-state index contributed by atoms with van der Waals surface area (Å²) in [6.45, 7) is 6.54. The number of carbonyl (C=O) groups excluding carboxylic acids is 1. The molecule has 1 aromatic carbocycles. The molecule has 1 aromatic rings. The van der Waals surface area contributed by atoms with Crippen molar-refractivity contribution in [1.29, 1.82) is 0 Å². The molecule has 6 nitrogen and oxygen atoms in total. The highest BCUT2D eigenvalue weighted by atomic mass is 32.2. The van der Waals surface area contributed by atoms with Crippen LogP contribution in [0.2, 0.25) is 0 Å². The minimum Gasteiger partial charge on any atom is -0.328 e. The van der Waals surface area contributed by atoms with E-state index in [1.54, 1.807) is 34.3 Å². The van der Waals surface area contributed by atoms with Crippen LogP contribution in [0.3, 0.4) is 0 Å². The molecule has 2 unspecified atom stereocenters. The quantitative estimate of drug-likeness (QED) is 0.884. The number of carbonyl (C=O) groups is 1. The molecular formula is C18H27N3O3S. The minimum absolute atomic E-state index is 0.0140. The summed E-state index contributed by atoms with van der Waals surface area (Å²) >= 11 is 0. The number of anilines is 1. The van der Waals surface area contributed by atoms with Gasteiger partial charge in [-0.05, 0) is 62.8 Å². The van der Waals surface area contributed by atoms with Gasteiger partial charge < -0.3 is 10.6 Å². The van der Waals surface area contributed by atoms with Crippen molar-refractivity contribution in [2.45, 2.75) is 57.0 Å². The van der Waals surface area contributed by atoms with Crippen molar-refractivity contribution in [3.63, 3.8) is 0 Å². The maximum absolute atomic E-state index is 13.0. The molecule has 2 heterocycles. The fraction of sp³-hybridized carbons (Fsp3) is 0.611. The number of hydrogen-bond acceptors (Lipinski definition) is 4. The van der Waals surface area contributed by atoms with Crippen LogP contribution in [-0.2, 0) is 21.2 Å². The van der Waals surface area contributed by atoms with Gasteiger partial charge in [0.15, 0.2) is 0 Å². The van der Waals surface area contributed by atoms with Crippen LogP contribution in [0.15, 0.2) is 23.1 Å². The Bertz CT molecular complexity index is 768. The predicted octanol–water partition coefficient (Wildman–Crippen LogP) is 1.73. The number of fused-ring (bicyclic) bond motifs is 1. The van der Waals surface area contributed by atoms with E-state index in [9.17, 15) is 13.2 Å². The Labute approximate surface area is 150 Å². The van der Waals surface area contributed by atoms with E-state index >= 15 is 0 Å². The number of rotatable bonds is 3. The zero-order chi connectivity index (χ0) is 18.4. The molecule has 0 bridgehead atoms. The van der Waals surface area contributed by atoms with E-state index < -0.39 is 10.0 Å². The molecule has 0 spiro atoms.